The van der Waals surface area contributed by atoms with E-state index < -0.39 is 5.54 Å². The number of carbonyl (C=O) groups is 1. The van der Waals surface area contributed by atoms with Crippen LogP contribution in [0.15, 0.2) is 0 Å². The second-order valence-electron chi connectivity index (χ2n) is 7.75. The van der Waals surface area contributed by atoms with Crippen LogP contribution in [-0.4, -0.2) is 60.9 Å². The first kappa shape index (κ1) is 16.7. The fourth-order valence-electron chi connectivity index (χ4n) is 4.15. The Hall–Kier alpha value is -0.650. The predicted octanol–water partition coefficient (Wildman–Crippen LogP) is 1.56. The molecule has 1 heterocycles. The van der Waals surface area contributed by atoms with E-state index in [1.807, 2.05) is 7.05 Å². The van der Waals surface area contributed by atoms with Crippen molar-refractivity contribution < 1.29 is 14.3 Å². The zero-order valence-electron chi connectivity index (χ0n) is 14.3. The van der Waals surface area contributed by atoms with E-state index in [0.717, 1.165) is 32.4 Å². The van der Waals surface area contributed by atoms with Crippen LogP contribution in [0.5, 0.6) is 0 Å². The van der Waals surface area contributed by atoms with Gasteiger partial charge in [-0.15, -0.1) is 0 Å². The van der Waals surface area contributed by atoms with Gasteiger partial charge in [-0.3, -0.25) is 9.69 Å². The number of hydrogen-bond donors (Lipinski definition) is 1. The van der Waals surface area contributed by atoms with E-state index in [9.17, 15) is 4.79 Å². The molecule has 1 aliphatic carbocycles. The lowest BCUT2D eigenvalue weighted by Crippen LogP contribution is -2.60. The number of ether oxygens (including phenoxy) is 2. The molecule has 0 bridgehead atoms. The third kappa shape index (κ3) is 3.41. The van der Waals surface area contributed by atoms with E-state index in [4.69, 9.17) is 9.47 Å². The van der Waals surface area contributed by atoms with Gasteiger partial charge in [0.25, 0.3) is 0 Å². The van der Waals surface area contributed by atoms with Crippen LogP contribution in [0.4, 0.5) is 0 Å². The molecule has 2 atom stereocenters. The molecule has 122 valence electrons. The lowest BCUT2D eigenvalue weighted by atomic mass is 9.94. The second-order valence-corrected chi connectivity index (χ2v) is 7.75. The molecule has 2 unspecified atom stereocenters. The van der Waals surface area contributed by atoms with Gasteiger partial charge in [-0.2, -0.15) is 0 Å². The highest BCUT2D eigenvalue weighted by molar-refractivity contribution is 5.81. The number of nitrogens with one attached hydrogen (secondary N) is 1. The molecule has 0 aromatic rings. The Bertz CT molecular complexity index is 392. The first-order chi connectivity index (χ1) is 9.63. The van der Waals surface area contributed by atoms with E-state index in [1.165, 1.54) is 7.11 Å². The molecule has 1 saturated heterocycles. The maximum absolute atomic E-state index is 12.1. The lowest BCUT2D eigenvalue weighted by molar-refractivity contribution is -0.187. The maximum atomic E-state index is 12.1. The molecular formula is C16H30N2O3. The fraction of sp³-hybridized carbons (Fsp3) is 0.938. The second kappa shape index (κ2) is 5.52. The molecule has 0 amide bonds. The summed E-state index contributed by atoms with van der Waals surface area (Å²) in [6, 6.07) is 0.402. The topological polar surface area (TPSA) is 50.8 Å². The molecule has 5 heteroatoms. The summed E-state index contributed by atoms with van der Waals surface area (Å²) < 4.78 is 11.2. The van der Waals surface area contributed by atoms with Gasteiger partial charge in [0.2, 0.25) is 0 Å². The summed E-state index contributed by atoms with van der Waals surface area (Å²) >= 11 is 0. The molecule has 1 aliphatic heterocycles. The van der Waals surface area contributed by atoms with Crippen molar-refractivity contribution in [2.75, 3.05) is 27.2 Å². The zero-order valence-corrected chi connectivity index (χ0v) is 14.3. The Labute approximate surface area is 128 Å². The van der Waals surface area contributed by atoms with Crippen LogP contribution in [0.3, 0.4) is 0 Å². The molecule has 1 saturated carbocycles. The van der Waals surface area contributed by atoms with Gasteiger partial charge in [0.1, 0.15) is 5.54 Å². The Morgan fingerprint density at radius 2 is 1.81 bits per heavy atom. The number of hydrogen-bond acceptors (Lipinski definition) is 5. The highest BCUT2D eigenvalue weighted by Crippen LogP contribution is 2.38. The van der Waals surface area contributed by atoms with Gasteiger partial charge in [0, 0.05) is 19.1 Å². The van der Waals surface area contributed by atoms with Gasteiger partial charge in [-0.25, -0.2) is 0 Å². The largest absolute Gasteiger partial charge is 0.468 e. The minimum absolute atomic E-state index is 0.140. The van der Waals surface area contributed by atoms with E-state index in [1.54, 1.807) is 0 Å². The third-order valence-electron chi connectivity index (χ3n) is 4.78. The van der Waals surface area contributed by atoms with Crippen LogP contribution >= 0.6 is 0 Å². The number of rotatable bonds is 3. The van der Waals surface area contributed by atoms with Crippen molar-refractivity contribution in [1.29, 1.82) is 0 Å². The monoisotopic (exact) mass is 298 g/mol. The molecule has 0 radical (unpaired) electrons. The number of morpholine rings is 1. The number of carbonyl (C=O) groups excluding carboxylic acids is 1. The van der Waals surface area contributed by atoms with Gasteiger partial charge < -0.3 is 14.8 Å². The molecule has 2 rings (SSSR count). The van der Waals surface area contributed by atoms with Crippen LogP contribution in [0.25, 0.3) is 0 Å². The van der Waals surface area contributed by atoms with Crippen LogP contribution in [-0.2, 0) is 14.3 Å². The van der Waals surface area contributed by atoms with Gasteiger partial charge in [-0.1, -0.05) is 0 Å². The van der Waals surface area contributed by atoms with Crippen LogP contribution in [0.2, 0.25) is 0 Å². The summed E-state index contributed by atoms with van der Waals surface area (Å²) in [7, 11) is 3.32. The summed E-state index contributed by atoms with van der Waals surface area (Å²) in [5.41, 5.74) is -0.832. The van der Waals surface area contributed by atoms with Crippen molar-refractivity contribution >= 4 is 5.97 Å². The summed E-state index contributed by atoms with van der Waals surface area (Å²) in [4.78, 5) is 14.6. The normalized spacial score (nSPS) is 35.6. The minimum Gasteiger partial charge on any atom is -0.468 e. The van der Waals surface area contributed by atoms with Crippen molar-refractivity contribution in [1.82, 2.24) is 10.2 Å². The first-order valence-electron chi connectivity index (χ1n) is 7.85. The molecule has 5 nitrogen and oxygen atoms in total. The minimum atomic E-state index is -0.522. The molecule has 2 aliphatic rings. The summed E-state index contributed by atoms with van der Waals surface area (Å²) in [6.45, 7) is 10.4. The van der Waals surface area contributed by atoms with Crippen molar-refractivity contribution in [3.63, 3.8) is 0 Å². The van der Waals surface area contributed by atoms with E-state index in [0.29, 0.717) is 6.04 Å². The molecular weight excluding hydrogens is 268 g/mol. The Kier molecular flexibility index (Phi) is 4.40. The van der Waals surface area contributed by atoms with Crippen molar-refractivity contribution in [3.05, 3.63) is 0 Å². The van der Waals surface area contributed by atoms with E-state index >= 15 is 0 Å². The first-order valence-corrected chi connectivity index (χ1v) is 7.85. The quantitative estimate of drug-likeness (QED) is 0.801. The third-order valence-corrected chi connectivity index (χ3v) is 4.78. The van der Waals surface area contributed by atoms with Crippen LogP contribution in [0.1, 0.15) is 47.0 Å². The highest BCUT2D eigenvalue weighted by Gasteiger charge is 2.49. The van der Waals surface area contributed by atoms with Crippen molar-refractivity contribution in [3.8, 4) is 0 Å². The van der Waals surface area contributed by atoms with Crippen LogP contribution in [0, 0.1) is 0 Å². The fourth-order valence-corrected chi connectivity index (χ4v) is 4.15. The predicted molar refractivity (Wildman–Crippen MR) is 82.3 cm³/mol. The smallest absolute Gasteiger partial charge is 0.326 e. The summed E-state index contributed by atoms with van der Waals surface area (Å²) in [5.74, 6) is -0.140. The highest BCUT2D eigenvalue weighted by atomic mass is 16.5. The number of nitrogens with zero attached hydrogens (tertiary/aromatic N) is 1. The molecule has 2 fully saturated rings. The molecule has 0 aromatic heterocycles. The van der Waals surface area contributed by atoms with Gasteiger partial charge in [-0.05, 0) is 54.0 Å². The Balaban J connectivity index is 2.12. The van der Waals surface area contributed by atoms with E-state index in [-0.39, 0.29) is 17.2 Å². The molecule has 1 N–H and O–H groups in total. The van der Waals surface area contributed by atoms with Crippen molar-refractivity contribution in [2.24, 2.45) is 0 Å². The number of likely N-dealkylation sites (N-methyl/N-ethyl adjacent to an activating group) is 1. The Morgan fingerprint density at radius 1 is 1.24 bits per heavy atom. The zero-order chi connectivity index (χ0) is 15.9. The molecule has 0 aromatic carbocycles. The molecule has 0 spiro atoms. The maximum Gasteiger partial charge on any atom is 0.326 e. The number of esters is 1. The number of methoxy groups -OCH3 is 1. The van der Waals surface area contributed by atoms with E-state index in [2.05, 4.69) is 37.9 Å². The average Bonchev–Trinajstić information content (AvgIpc) is 2.80. The van der Waals surface area contributed by atoms with Gasteiger partial charge in [0.05, 0.1) is 18.3 Å². The summed E-state index contributed by atoms with van der Waals surface area (Å²) in [6.07, 6.45) is 2.66. The SMILES string of the molecule is CNC1(C(=O)OC)CCC(N2CC(C)(C)OC(C)(C)C2)C1. The van der Waals surface area contributed by atoms with Crippen molar-refractivity contribution in [2.45, 2.75) is 69.7 Å². The van der Waals surface area contributed by atoms with Crippen LogP contribution < -0.4 is 5.32 Å². The van der Waals surface area contributed by atoms with Gasteiger partial charge >= 0.3 is 5.97 Å². The average molecular weight is 298 g/mol. The lowest BCUT2D eigenvalue weighted by Gasteiger charge is -2.49. The molecule has 21 heavy (non-hydrogen) atoms. The van der Waals surface area contributed by atoms with Gasteiger partial charge in [0.15, 0.2) is 0 Å². The Morgan fingerprint density at radius 3 is 2.29 bits per heavy atom. The summed E-state index contributed by atoms with van der Waals surface area (Å²) in [5, 5.41) is 3.21. The standard InChI is InChI=1S/C16H30N2O3/c1-14(2)10-18(11-15(3,4)21-14)12-7-8-16(9-12,17-5)13(19)20-6/h12,17H,7-11H2,1-6H3.